The van der Waals surface area contributed by atoms with Gasteiger partial charge in [0.05, 0.1) is 11.1 Å². The van der Waals surface area contributed by atoms with Gasteiger partial charge in [-0.1, -0.05) is 23.7 Å². The van der Waals surface area contributed by atoms with E-state index in [9.17, 15) is 4.39 Å². The zero-order valence-electron chi connectivity index (χ0n) is 11.1. The largest absolute Gasteiger partial charge is 0.377 e. The van der Waals surface area contributed by atoms with E-state index in [1.165, 1.54) is 15.8 Å². The van der Waals surface area contributed by atoms with Gasteiger partial charge >= 0.3 is 0 Å². The van der Waals surface area contributed by atoms with Crippen LogP contribution in [0.5, 0.6) is 0 Å². The first kappa shape index (κ1) is 14.6. The first-order valence-corrected chi connectivity index (χ1v) is 8.63. The molecular weight excluding hydrogens is 325 g/mol. The summed E-state index contributed by atoms with van der Waals surface area (Å²) >= 11 is 9.17. The molecule has 2 aromatic heterocycles. The van der Waals surface area contributed by atoms with Gasteiger partial charge in [0.2, 0.25) is 0 Å². The Bertz CT molecular complexity index is 695. The monoisotopic (exact) mass is 337 g/mol. The van der Waals surface area contributed by atoms with Crippen LogP contribution in [0.3, 0.4) is 0 Å². The van der Waals surface area contributed by atoms with Crippen LogP contribution in [0.2, 0.25) is 5.02 Å². The molecule has 0 fully saturated rings. The van der Waals surface area contributed by atoms with Crippen LogP contribution in [0, 0.1) is 5.82 Å². The van der Waals surface area contributed by atoms with E-state index >= 15 is 0 Å². The van der Waals surface area contributed by atoms with Gasteiger partial charge < -0.3 is 5.32 Å². The van der Waals surface area contributed by atoms with Gasteiger partial charge in [-0.2, -0.15) is 0 Å². The second-order valence-electron chi connectivity index (χ2n) is 4.62. The standard InChI is InChI=1S/C16H13ClFNS2/c17-13-6-5-11(9-14(13)18)19-15(16-4-2-8-21-16)10-12-3-1-7-20-12/h1-9,15,19H,10H2. The van der Waals surface area contributed by atoms with E-state index < -0.39 is 5.82 Å². The molecule has 1 unspecified atom stereocenters. The lowest BCUT2D eigenvalue weighted by atomic mass is 10.1. The average Bonchev–Trinajstić information content (AvgIpc) is 3.15. The molecule has 0 bridgehead atoms. The van der Waals surface area contributed by atoms with E-state index in [0.717, 1.165) is 12.1 Å². The van der Waals surface area contributed by atoms with Crippen LogP contribution in [0.4, 0.5) is 10.1 Å². The molecule has 0 saturated heterocycles. The number of rotatable bonds is 5. The van der Waals surface area contributed by atoms with Gasteiger partial charge in [0.25, 0.3) is 0 Å². The second-order valence-corrected chi connectivity index (χ2v) is 7.04. The molecule has 0 amide bonds. The van der Waals surface area contributed by atoms with Crippen LogP contribution in [0.25, 0.3) is 0 Å². The number of thiophene rings is 2. The first-order chi connectivity index (χ1) is 10.2. The Balaban J connectivity index is 1.83. The van der Waals surface area contributed by atoms with Crippen molar-refractivity contribution in [3.63, 3.8) is 0 Å². The van der Waals surface area contributed by atoms with Crippen molar-refractivity contribution < 1.29 is 4.39 Å². The van der Waals surface area contributed by atoms with Crippen molar-refractivity contribution in [1.29, 1.82) is 0 Å². The van der Waals surface area contributed by atoms with E-state index in [1.807, 2.05) is 12.1 Å². The molecule has 1 nitrogen and oxygen atoms in total. The van der Waals surface area contributed by atoms with E-state index in [2.05, 4.69) is 28.2 Å². The summed E-state index contributed by atoms with van der Waals surface area (Å²) in [5, 5.41) is 7.68. The molecule has 21 heavy (non-hydrogen) atoms. The first-order valence-electron chi connectivity index (χ1n) is 6.50. The van der Waals surface area contributed by atoms with Crippen molar-refractivity contribution >= 4 is 40.0 Å². The van der Waals surface area contributed by atoms with Crippen molar-refractivity contribution in [2.75, 3.05) is 5.32 Å². The lowest BCUT2D eigenvalue weighted by molar-refractivity contribution is 0.628. The fourth-order valence-corrected chi connectivity index (χ4v) is 3.78. The van der Waals surface area contributed by atoms with E-state index in [0.29, 0.717) is 0 Å². The smallest absolute Gasteiger partial charge is 0.143 e. The van der Waals surface area contributed by atoms with Crippen LogP contribution < -0.4 is 5.32 Å². The second kappa shape index (κ2) is 6.60. The average molecular weight is 338 g/mol. The highest BCUT2D eigenvalue weighted by atomic mass is 35.5. The lowest BCUT2D eigenvalue weighted by Gasteiger charge is -2.18. The van der Waals surface area contributed by atoms with E-state index in [1.54, 1.807) is 34.8 Å². The Morgan fingerprint density at radius 3 is 2.57 bits per heavy atom. The molecule has 3 aromatic rings. The van der Waals surface area contributed by atoms with Crippen molar-refractivity contribution in [2.24, 2.45) is 0 Å². The quantitative estimate of drug-likeness (QED) is 0.602. The summed E-state index contributed by atoms with van der Waals surface area (Å²) in [5.41, 5.74) is 0.742. The van der Waals surface area contributed by atoms with Crippen LogP contribution >= 0.6 is 34.3 Å². The SMILES string of the molecule is Fc1cc(NC(Cc2cccs2)c2cccs2)ccc1Cl. The molecule has 0 aliphatic carbocycles. The molecule has 1 aromatic carbocycles. The maximum atomic E-state index is 13.6. The van der Waals surface area contributed by atoms with Gasteiger partial charge in [-0.15, -0.1) is 22.7 Å². The summed E-state index contributed by atoms with van der Waals surface area (Å²) in [6.45, 7) is 0. The molecule has 1 N–H and O–H groups in total. The summed E-state index contributed by atoms with van der Waals surface area (Å²) < 4.78 is 13.6. The maximum absolute atomic E-state index is 13.6. The molecule has 3 rings (SSSR count). The predicted molar refractivity (Wildman–Crippen MR) is 90.1 cm³/mol. The predicted octanol–water partition coefficient (Wildman–Crippen LogP) is 6.00. The topological polar surface area (TPSA) is 12.0 Å². The van der Waals surface area contributed by atoms with Crippen molar-refractivity contribution in [1.82, 2.24) is 0 Å². The molecule has 0 radical (unpaired) electrons. The number of hydrogen-bond donors (Lipinski definition) is 1. The van der Waals surface area contributed by atoms with Gasteiger partial charge in [0.15, 0.2) is 0 Å². The van der Waals surface area contributed by atoms with Crippen molar-refractivity contribution in [3.05, 3.63) is 73.8 Å². The Labute approximate surface area is 136 Å². The highest BCUT2D eigenvalue weighted by molar-refractivity contribution is 7.10. The Morgan fingerprint density at radius 1 is 1.10 bits per heavy atom. The zero-order valence-corrected chi connectivity index (χ0v) is 13.4. The Morgan fingerprint density at radius 2 is 1.90 bits per heavy atom. The summed E-state index contributed by atoms with van der Waals surface area (Å²) in [7, 11) is 0. The molecule has 108 valence electrons. The van der Waals surface area contributed by atoms with Gasteiger partial charge in [-0.25, -0.2) is 4.39 Å². The highest BCUT2D eigenvalue weighted by Gasteiger charge is 2.14. The van der Waals surface area contributed by atoms with Gasteiger partial charge in [0.1, 0.15) is 5.82 Å². The maximum Gasteiger partial charge on any atom is 0.143 e. The van der Waals surface area contributed by atoms with Crippen molar-refractivity contribution in [3.8, 4) is 0 Å². The third kappa shape index (κ3) is 3.64. The minimum atomic E-state index is -0.400. The molecule has 5 heteroatoms. The van der Waals surface area contributed by atoms with E-state index in [4.69, 9.17) is 11.6 Å². The third-order valence-corrected chi connectivity index (χ3v) is 5.32. The van der Waals surface area contributed by atoms with Gasteiger partial charge in [-0.3, -0.25) is 0 Å². The minimum Gasteiger partial charge on any atom is -0.377 e. The fraction of sp³-hybridized carbons (Fsp3) is 0.125. The third-order valence-electron chi connectivity index (χ3n) is 3.13. The molecular formula is C16H13ClFNS2. The highest BCUT2D eigenvalue weighted by Crippen LogP contribution is 2.29. The molecule has 1 atom stereocenters. The minimum absolute atomic E-state index is 0.129. The Hall–Kier alpha value is -1.36. The summed E-state index contributed by atoms with van der Waals surface area (Å²) in [4.78, 5) is 2.54. The summed E-state index contributed by atoms with van der Waals surface area (Å²) in [6.07, 6.45) is 0.877. The number of hydrogen-bond acceptors (Lipinski definition) is 3. The number of nitrogens with one attached hydrogen (secondary N) is 1. The van der Waals surface area contributed by atoms with Gasteiger partial charge in [0, 0.05) is 21.9 Å². The normalized spacial score (nSPS) is 12.3. The molecule has 0 aliphatic rings. The van der Waals surface area contributed by atoms with Crippen LogP contribution in [-0.2, 0) is 6.42 Å². The lowest BCUT2D eigenvalue weighted by Crippen LogP contribution is -2.12. The van der Waals surface area contributed by atoms with E-state index in [-0.39, 0.29) is 11.1 Å². The number of halogens is 2. The number of benzene rings is 1. The summed E-state index contributed by atoms with van der Waals surface area (Å²) in [5.74, 6) is -0.400. The molecule has 2 heterocycles. The molecule has 0 aliphatic heterocycles. The zero-order chi connectivity index (χ0) is 14.7. The van der Waals surface area contributed by atoms with Crippen molar-refractivity contribution in [2.45, 2.75) is 12.5 Å². The molecule has 0 spiro atoms. The fourth-order valence-electron chi connectivity index (χ4n) is 2.13. The van der Waals surface area contributed by atoms with Crippen LogP contribution in [0.15, 0.2) is 53.2 Å². The molecule has 0 saturated carbocycles. The van der Waals surface area contributed by atoms with Crippen LogP contribution in [-0.4, -0.2) is 0 Å². The Kier molecular flexibility index (Phi) is 4.58. The number of anilines is 1. The summed E-state index contributed by atoms with van der Waals surface area (Å²) in [6, 6.07) is 13.3. The van der Waals surface area contributed by atoms with Crippen LogP contribution in [0.1, 0.15) is 15.8 Å². The van der Waals surface area contributed by atoms with Gasteiger partial charge in [-0.05, 0) is 41.1 Å².